The summed E-state index contributed by atoms with van der Waals surface area (Å²) >= 11 is 0. The van der Waals surface area contributed by atoms with Crippen LogP contribution in [0.1, 0.15) is 59.3 Å². The van der Waals surface area contributed by atoms with Gasteiger partial charge >= 0.3 is 6.03 Å². The van der Waals surface area contributed by atoms with Gasteiger partial charge in [-0.2, -0.15) is 0 Å². The SMILES string of the molecule is [B]C(=O)CNC(=O)[C@@H](C)NC(=O)[C@H](CCCNC(N)=O)NC(=O)[C@@H](NC(=O)CCCCCN1C(=O)C=CC1=O)C(C)C. The lowest BCUT2D eigenvalue weighted by molar-refractivity contribution is -0.137. The molecule has 1 aliphatic heterocycles. The molecule has 1 aliphatic rings. The van der Waals surface area contributed by atoms with E-state index in [1.54, 1.807) is 13.8 Å². The molecule has 0 saturated heterocycles. The van der Waals surface area contributed by atoms with Crippen LogP contribution in [-0.2, 0) is 33.6 Å². The molecule has 0 spiro atoms. The summed E-state index contributed by atoms with van der Waals surface area (Å²) in [5, 5.41) is 12.4. The van der Waals surface area contributed by atoms with E-state index in [9.17, 15) is 38.4 Å². The Morgan fingerprint density at radius 1 is 0.833 bits per heavy atom. The number of carbonyl (C=O) groups is 8. The Bertz CT molecular complexity index is 1050. The average Bonchev–Trinajstić information content (AvgIpc) is 3.23. The molecule has 1 rings (SSSR count). The van der Waals surface area contributed by atoms with E-state index in [0.717, 1.165) is 4.90 Å². The molecule has 42 heavy (non-hydrogen) atoms. The predicted octanol–water partition coefficient (Wildman–Crippen LogP) is -2.14. The van der Waals surface area contributed by atoms with Crippen LogP contribution in [-0.4, -0.2) is 97.7 Å². The number of nitrogens with two attached hydrogens (primary N) is 1. The van der Waals surface area contributed by atoms with Crippen LogP contribution in [0.15, 0.2) is 12.2 Å². The molecule has 0 aromatic carbocycles. The van der Waals surface area contributed by atoms with Crippen molar-refractivity contribution in [3.05, 3.63) is 12.2 Å². The second-order valence-electron chi connectivity index (χ2n) is 10.2. The van der Waals surface area contributed by atoms with Gasteiger partial charge in [0.25, 0.3) is 11.8 Å². The van der Waals surface area contributed by atoms with Crippen molar-refractivity contribution < 1.29 is 38.4 Å². The minimum absolute atomic E-state index is 0.0732. The molecular formula is C26H40BN7O8. The van der Waals surface area contributed by atoms with Gasteiger partial charge in [0.2, 0.25) is 23.6 Å². The zero-order chi connectivity index (χ0) is 31.8. The summed E-state index contributed by atoms with van der Waals surface area (Å²) in [6.45, 7) is 4.80. The summed E-state index contributed by atoms with van der Waals surface area (Å²) in [6, 6.07) is -3.91. The number of urea groups is 1. The fraction of sp³-hybridized carbons (Fsp3) is 0.615. The van der Waals surface area contributed by atoms with Crippen molar-refractivity contribution in [3.63, 3.8) is 0 Å². The minimum atomic E-state index is -1.12. The highest BCUT2D eigenvalue weighted by Gasteiger charge is 2.30. The Morgan fingerprint density at radius 3 is 2.05 bits per heavy atom. The van der Waals surface area contributed by atoms with Crippen molar-refractivity contribution in [1.29, 1.82) is 0 Å². The number of hydrogen-bond acceptors (Lipinski definition) is 8. The molecule has 0 bridgehead atoms. The normalized spacial score (nSPS) is 14.6. The summed E-state index contributed by atoms with van der Waals surface area (Å²) in [4.78, 5) is 97.0. The monoisotopic (exact) mass is 589 g/mol. The highest BCUT2D eigenvalue weighted by molar-refractivity contribution is 6.58. The van der Waals surface area contributed by atoms with Gasteiger partial charge in [0.05, 0.1) is 12.2 Å². The fourth-order valence-electron chi connectivity index (χ4n) is 3.92. The summed E-state index contributed by atoms with van der Waals surface area (Å²) in [5.74, 6) is -3.42. The maximum absolute atomic E-state index is 13.2. The molecule has 16 heteroatoms. The van der Waals surface area contributed by atoms with Crippen molar-refractivity contribution in [3.8, 4) is 0 Å². The molecule has 0 fully saturated rings. The van der Waals surface area contributed by atoms with Crippen LogP contribution in [0.2, 0.25) is 0 Å². The van der Waals surface area contributed by atoms with Gasteiger partial charge in [-0.1, -0.05) is 20.3 Å². The van der Waals surface area contributed by atoms with Gasteiger partial charge in [0.15, 0.2) is 7.85 Å². The fourth-order valence-corrected chi connectivity index (χ4v) is 3.92. The van der Waals surface area contributed by atoms with Gasteiger partial charge in [-0.25, -0.2) is 4.79 Å². The molecule has 7 N–H and O–H groups in total. The van der Waals surface area contributed by atoms with E-state index < -0.39 is 54.1 Å². The van der Waals surface area contributed by atoms with Gasteiger partial charge in [0, 0.05) is 31.7 Å². The van der Waals surface area contributed by atoms with Gasteiger partial charge in [0.1, 0.15) is 18.1 Å². The molecule has 15 nitrogen and oxygen atoms in total. The van der Waals surface area contributed by atoms with E-state index in [-0.39, 0.29) is 56.0 Å². The average molecular weight is 589 g/mol. The van der Waals surface area contributed by atoms with Gasteiger partial charge < -0.3 is 37.1 Å². The quantitative estimate of drug-likeness (QED) is 0.0552. The van der Waals surface area contributed by atoms with E-state index >= 15 is 0 Å². The third-order valence-electron chi connectivity index (χ3n) is 6.24. The maximum Gasteiger partial charge on any atom is 0.312 e. The first-order valence-corrected chi connectivity index (χ1v) is 13.8. The Balaban J connectivity index is 2.71. The number of primary amides is 1. The lowest BCUT2D eigenvalue weighted by Gasteiger charge is -2.26. The van der Waals surface area contributed by atoms with Gasteiger partial charge in [-0.3, -0.25) is 33.7 Å². The number of carbonyl (C=O) groups excluding carboxylic acids is 8. The summed E-state index contributed by atoms with van der Waals surface area (Å²) in [7, 11) is 5.01. The lowest BCUT2D eigenvalue weighted by atomic mass is 10.0. The van der Waals surface area contributed by atoms with Crippen molar-refractivity contribution >= 4 is 55.0 Å². The van der Waals surface area contributed by atoms with Crippen molar-refractivity contribution in [2.75, 3.05) is 19.6 Å². The van der Waals surface area contributed by atoms with Gasteiger partial charge in [-0.15, -0.1) is 0 Å². The van der Waals surface area contributed by atoms with E-state index in [4.69, 9.17) is 13.6 Å². The van der Waals surface area contributed by atoms with Crippen LogP contribution in [0.3, 0.4) is 0 Å². The lowest BCUT2D eigenvalue weighted by Crippen LogP contribution is -2.57. The number of imide groups is 1. The van der Waals surface area contributed by atoms with E-state index in [2.05, 4.69) is 26.6 Å². The summed E-state index contributed by atoms with van der Waals surface area (Å²) < 4.78 is 0. The Morgan fingerprint density at radius 2 is 1.48 bits per heavy atom. The molecule has 3 atom stereocenters. The molecule has 0 unspecified atom stereocenters. The van der Waals surface area contributed by atoms with E-state index in [1.165, 1.54) is 19.1 Å². The Labute approximate surface area is 245 Å². The molecular weight excluding hydrogens is 549 g/mol. The number of nitrogens with zero attached hydrogens (tertiary/aromatic N) is 1. The zero-order valence-corrected chi connectivity index (χ0v) is 24.2. The summed E-state index contributed by atoms with van der Waals surface area (Å²) in [5.41, 5.74) is 4.30. The number of amides is 8. The molecule has 0 saturated carbocycles. The van der Waals surface area contributed by atoms with Crippen LogP contribution < -0.4 is 32.3 Å². The topological polar surface area (TPSA) is 226 Å². The minimum Gasteiger partial charge on any atom is -0.352 e. The molecule has 230 valence electrons. The molecule has 0 aromatic rings. The van der Waals surface area contributed by atoms with E-state index in [0.29, 0.717) is 19.3 Å². The summed E-state index contributed by atoms with van der Waals surface area (Å²) in [6.07, 6.45) is 4.44. The Kier molecular flexibility index (Phi) is 15.6. The first kappa shape index (κ1) is 35.8. The maximum atomic E-state index is 13.2. The van der Waals surface area contributed by atoms with Crippen molar-refractivity contribution in [1.82, 2.24) is 31.5 Å². The zero-order valence-electron chi connectivity index (χ0n) is 24.2. The van der Waals surface area contributed by atoms with Crippen molar-refractivity contribution in [2.45, 2.75) is 77.4 Å². The van der Waals surface area contributed by atoms with Crippen LogP contribution in [0.5, 0.6) is 0 Å². The highest BCUT2D eigenvalue weighted by Crippen LogP contribution is 2.09. The first-order chi connectivity index (χ1) is 19.7. The molecule has 2 radical (unpaired) electrons. The number of nitrogens with one attached hydrogen (secondary N) is 5. The van der Waals surface area contributed by atoms with Crippen molar-refractivity contribution in [2.24, 2.45) is 11.7 Å². The molecule has 0 aromatic heterocycles. The number of rotatable bonds is 19. The second-order valence-corrected chi connectivity index (χ2v) is 10.2. The van der Waals surface area contributed by atoms with Crippen LogP contribution in [0.25, 0.3) is 0 Å². The largest absolute Gasteiger partial charge is 0.352 e. The van der Waals surface area contributed by atoms with E-state index in [1.807, 2.05) is 0 Å². The third kappa shape index (κ3) is 13.4. The van der Waals surface area contributed by atoms with Crippen LogP contribution in [0.4, 0.5) is 4.79 Å². The molecule has 1 heterocycles. The smallest absolute Gasteiger partial charge is 0.312 e. The highest BCUT2D eigenvalue weighted by atomic mass is 16.2. The van der Waals surface area contributed by atoms with Crippen LogP contribution >= 0.6 is 0 Å². The first-order valence-electron chi connectivity index (χ1n) is 13.8. The number of hydrogen-bond donors (Lipinski definition) is 6. The second kappa shape index (κ2) is 18.2. The Hall–Kier alpha value is -4.24. The number of unbranched alkanes of at least 4 members (excludes halogenated alkanes) is 2. The predicted molar refractivity (Wildman–Crippen MR) is 151 cm³/mol. The van der Waals surface area contributed by atoms with Crippen LogP contribution in [0, 0.1) is 5.92 Å². The van der Waals surface area contributed by atoms with Gasteiger partial charge in [-0.05, 0) is 38.5 Å². The third-order valence-corrected chi connectivity index (χ3v) is 6.24. The molecule has 8 amide bonds. The molecule has 0 aliphatic carbocycles. The standard InChI is InChI=1S/C26H40BN7O8/c1-15(2)22(33-19(36)9-5-4-6-13-34-20(37)10-11-21(34)38)25(41)32-17(8-7-12-29-26(28)42)24(40)31-16(3)23(39)30-14-18(27)35/h10-11,15-17,22H,4-9,12-14H2,1-3H3,(H,30,39)(H,31,40)(H,32,41)(H,33,36)(H3,28,29,42)/t16-,17+,22+/m1/s1.